The second-order valence-corrected chi connectivity index (χ2v) is 6.07. The molecular weight excluding hydrogens is 372 g/mol. The van der Waals surface area contributed by atoms with Gasteiger partial charge in [-0.15, -0.1) is 0 Å². The van der Waals surface area contributed by atoms with Gasteiger partial charge in [-0.2, -0.15) is 0 Å². The van der Waals surface area contributed by atoms with Gasteiger partial charge in [-0.25, -0.2) is 14.8 Å². The summed E-state index contributed by atoms with van der Waals surface area (Å²) in [4.78, 5) is 43.5. The molecule has 0 saturated heterocycles. The molecule has 3 aromatic rings. The monoisotopic (exact) mass is 390 g/mol. The van der Waals surface area contributed by atoms with Crippen molar-refractivity contribution in [2.75, 3.05) is 17.7 Å². The summed E-state index contributed by atoms with van der Waals surface area (Å²) in [5, 5.41) is 5.75. The van der Waals surface area contributed by atoms with Crippen LogP contribution in [0.25, 0.3) is 0 Å². The molecule has 1 heterocycles. The van der Waals surface area contributed by atoms with E-state index in [4.69, 9.17) is 0 Å². The fourth-order valence-electron chi connectivity index (χ4n) is 2.52. The van der Waals surface area contributed by atoms with E-state index in [2.05, 4.69) is 25.3 Å². The third kappa shape index (κ3) is 5.01. The van der Waals surface area contributed by atoms with Crippen LogP contribution in [0.1, 0.15) is 38.1 Å². The molecule has 3 rings (SSSR count). The van der Waals surface area contributed by atoms with E-state index in [1.165, 1.54) is 26.4 Å². The van der Waals surface area contributed by atoms with Crippen LogP contribution in [0.5, 0.6) is 0 Å². The molecule has 146 valence electrons. The zero-order chi connectivity index (χ0) is 20.8. The molecule has 8 heteroatoms. The highest BCUT2D eigenvalue weighted by Crippen LogP contribution is 2.17. The number of carbonyl (C=O) groups is 3. The molecule has 0 aliphatic rings. The summed E-state index contributed by atoms with van der Waals surface area (Å²) in [6, 6.07) is 14.8. The number of carbonyl (C=O) groups excluding carboxylic acids is 3. The highest BCUT2D eigenvalue weighted by atomic mass is 16.5. The normalized spacial score (nSPS) is 10.1. The smallest absolute Gasteiger partial charge is 0.337 e. The Balaban J connectivity index is 1.71. The third-order valence-electron chi connectivity index (χ3n) is 4.01. The molecule has 0 aliphatic heterocycles. The van der Waals surface area contributed by atoms with Crippen LogP contribution in [0.3, 0.4) is 0 Å². The molecule has 0 spiro atoms. The minimum absolute atomic E-state index is 0.0466. The van der Waals surface area contributed by atoms with Crippen LogP contribution in [-0.2, 0) is 4.74 Å². The largest absolute Gasteiger partial charge is 0.465 e. The number of ketones is 1. The molecule has 0 atom stereocenters. The van der Waals surface area contributed by atoms with Gasteiger partial charge in [0, 0.05) is 23.0 Å². The summed E-state index contributed by atoms with van der Waals surface area (Å²) in [5.74, 6) is -0.525. The van der Waals surface area contributed by atoms with E-state index in [9.17, 15) is 14.4 Å². The Morgan fingerprint density at radius 2 is 1.66 bits per heavy atom. The van der Waals surface area contributed by atoms with Crippen molar-refractivity contribution < 1.29 is 19.1 Å². The predicted molar refractivity (Wildman–Crippen MR) is 107 cm³/mol. The molecule has 29 heavy (non-hydrogen) atoms. The van der Waals surface area contributed by atoms with E-state index in [1.807, 2.05) is 0 Å². The van der Waals surface area contributed by atoms with Crippen LogP contribution >= 0.6 is 0 Å². The number of rotatable bonds is 6. The van der Waals surface area contributed by atoms with E-state index in [0.717, 1.165) is 0 Å². The first-order chi connectivity index (χ1) is 14.0. The minimum atomic E-state index is -0.455. The molecule has 0 radical (unpaired) electrons. The molecule has 0 fully saturated rings. The van der Waals surface area contributed by atoms with E-state index < -0.39 is 11.9 Å². The van der Waals surface area contributed by atoms with Crippen molar-refractivity contribution in [2.45, 2.75) is 6.92 Å². The average Bonchev–Trinajstić information content (AvgIpc) is 2.74. The quantitative estimate of drug-likeness (QED) is 0.490. The van der Waals surface area contributed by atoms with Crippen LogP contribution in [-0.4, -0.2) is 34.7 Å². The molecule has 1 aromatic heterocycles. The molecule has 0 saturated carbocycles. The number of Topliss-reactive ketones (excluding diaryl/α,β-unsaturated/α-hetero) is 1. The van der Waals surface area contributed by atoms with Gasteiger partial charge in [-0.1, -0.05) is 12.1 Å². The summed E-state index contributed by atoms with van der Waals surface area (Å²) in [6.07, 6.45) is 1.27. The van der Waals surface area contributed by atoms with Gasteiger partial charge in [-0.3, -0.25) is 9.59 Å². The van der Waals surface area contributed by atoms with Gasteiger partial charge in [0.2, 0.25) is 0 Å². The Labute approximate surface area is 167 Å². The van der Waals surface area contributed by atoms with E-state index in [1.54, 1.807) is 48.5 Å². The first-order valence-electron chi connectivity index (χ1n) is 8.66. The molecule has 2 aromatic carbocycles. The first-order valence-corrected chi connectivity index (χ1v) is 8.66. The average molecular weight is 390 g/mol. The maximum atomic E-state index is 12.5. The van der Waals surface area contributed by atoms with Gasteiger partial charge in [0.1, 0.15) is 17.8 Å². The van der Waals surface area contributed by atoms with Gasteiger partial charge in [0.15, 0.2) is 5.78 Å². The number of nitrogens with one attached hydrogen (secondary N) is 2. The molecule has 1 amide bonds. The van der Waals surface area contributed by atoms with Crippen LogP contribution < -0.4 is 10.6 Å². The number of esters is 1. The fraction of sp³-hybridized carbons (Fsp3) is 0.0952. The first kappa shape index (κ1) is 19.7. The van der Waals surface area contributed by atoms with Gasteiger partial charge in [0.05, 0.1) is 12.7 Å². The number of aromatic nitrogens is 2. The van der Waals surface area contributed by atoms with Gasteiger partial charge in [0.25, 0.3) is 5.91 Å². The molecule has 0 unspecified atom stereocenters. The lowest BCUT2D eigenvalue weighted by atomic mass is 10.1. The summed E-state index contributed by atoms with van der Waals surface area (Å²) in [7, 11) is 1.30. The van der Waals surface area contributed by atoms with Crippen LogP contribution in [0.2, 0.25) is 0 Å². The summed E-state index contributed by atoms with van der Waals surface area (Å²) >= 11 is 0. The van der Waals surface area contributed by atoms with Crippen molar-refractivity contribution in [3.05, 3.63) is 77.7 Å². The lowest BCUT2D eigenvalue weighted by molar-refractivity contribution is 0.0600. The molecule has 0 bridgehead atoms. The number of methoxy groups -OCH3 is 1. The second-order valence-electron chi connectivity index (χ2n) is 6.07. The molecule has 2 N–H and O–H groups in total. The standard InChI is InChI=1S/C21H18N4O4/c1-13(26)15-4-3-5-17(10-15)24-19-11-18(22-12-23-19)20(27)25-16-8-6-14(7-9-16)21(28)29-2/h3-12H,1-2H3,(H,25,27)(H,22,23,24). The summed E-state index contributed by atoms with van der Waals surface area (Å²) < 4.78 is 4.64. The minimum Gasteiger partial charge on any atom is -0.465 e. The Hall–Kier alpha value is -4.07. The second kappa shape index (κ2) is 8.75. The van der Waals surface area contributed by atoms with Crippen molar-refractivity contribution in [3.63, 3.8) is 0 Å². The Morgan fingerprint density at radius 1 is 0.897 bits per heavy atom. The topological polar surface area (TPSA) is 110 Å². The van der Waals surface area contributed by atoms with Crippen LogP contribution in [0.4, 0.5) is 17.2 Å². The third-order valence-corrected chi connectivity index (χ3v) is 4.01. The number of nitrogens with zero attached hydrogens (tertiary/aromatic N) is 2. The lowest BCUT2D eigenvalue weighted by Gasteiger charge is -2.09. The maximum absolute atomic E-state index is 12.5. The van der Waals surface area contributed by atoms with Crippen molar-refractivity contribution >= 4 is 34.9 Å². The Kier molecular flexibility index (Phi) is 5.94. The van der Waals surface area contributed by atoms with Crippen LogP contribution in [0, 0.1) is 0 Å². The highest BCUT2D eigenvalue weighted by Gasteiger charge is 2.11. The Bertz CT molecular complexity index is 1060. The zero-order valence-corrected chi connectivity index (χ0v) is 15.8. The number of ether oxygens (including phenoxy) is 1. The highest BCUT2D eigenvalue weighted by molar-refractivity contribution is 6.03. The SMILES string of the molecule is COC(=O)c1ccc(NC(=O)c2cc(Nc3cccc(C(C)=O)c3)ncn2)cc1. The summed E-state index contributed by atoms with van der Waals surface area (Å²) in [5.41, 5.74) is 2.28. The maximum Gasteiger partial charge on any atom is 0.337 e. The molecule has 0 aliphatic carbocycles. The molecule has 8 nitrogen and oxygen atoms in total. The van der Waals surface area contributed by atoms with Gasteiger partial charge < -0.3 is 15.4 Å². The predicted octanol–water partition coefficient (Wildman–Crippen LogP) is 3.46. The van der Waals surface area contributed by atoms with Crippen LogP contribution in [0.15, 0.2) is 60.9 Å². The van der Waals surface area contributed by atoms with E-state index in [-0.39, 0.29) is 11.5 Å². The van der Waals surface area contributed by atoms with E-state index >= 15 is 0 Å². The fourth-order valence-corrected chi connectivity index (χ4v) is 2.52. The number of hydrogen-bond donors (Lipinski definition) is 2. The van der Waals surface area contributed by atoms with Crippen molar-refractivity contribution in [2.24, 2.45) is 0 Å². The number of hydrogen-bond acceptors (Lipinski definition) is 7. The molecular formula is C21H18N4O4. The number of benzene rings is 2. The summed E-state index contributed by atoms with van der Waals surface area (Å²) in [6.45, 7) is 1.49. The van der Waals surface area contributed by atoms with E-state index in [0.29, 0.717) is 28.3 Å². The Morgan fingerprint density at radius 3 is 2.34 bits per heavy atom. The van der Waals surface area contributed by atoms with Crippen molar-refractivity contribution in [1.82, 2.24) is 9.97 Å². The van der Waals surface area contributed by atoms with Crippen molar-refractivity contribution in [1.29, 1.82) is 0 Å². The van der Waals surface area contributed by atoms with Crippen molar-refractivity contribution in [3.8, 4) is 0 Å². The lowest BCUT2D eigenvalue weighted by Crippen LogP contribution is -2.14. The number of amides is 1. The van der Waals surface area contributed by atoms with Gasteiger partial charge in [-0.05, 0) is 43.3 Å². The zero-order valence-electron chi connectivity index (χ0n) is 15.8. The van der Waals surface area contributed by atoms with Gasteiger partial charge >= 0.3 is 5.97 Å². The number of anilines is 3.